The van der Waals surface area contributed by atoms with E-state index >= 15 is 0 Å². The molecule has 0 aliphatic heterocycles. The number of halogens is 1. The van der Waals surface area contributed by atoms with Gasteiger partial charge in [0, 0.05) is 0 Å². The number of hydrogen-bond donors (Lipinski definition) is 2. The molecule has 16 heavy (non-hydrogen) atoms. The maximum atomic E-state index is 9.59. The molecule has 82 valence electrons. The lowest BCUT2D eigenvalue weighted by atomic mass is 10.00. The number of phenolic OH excluding ortho intramolecular Hbond substituents is 2. The first kappa shape index (κ1) is 11.0. The van der Waals surface area contributed by atoms with Gasteiger partial charge in [0.2, 0.25) is 0 Å². The van der Waals surface area contributed by atoms with Crippen LogP contribution in [0.3, 0.4) is 0 Å². The standard InChI is InChI=1S/C13H11BrO2/c1-8-10(9-5-3-2-4-6-9)7-11(15)13(16)12(8)14/h2-7,15-16H,1H3. The molecule has 0 aliphatic carbocycles. The Morgan fingerprint density at radius 1 is 1.06 bits per heavy atom. The van der Waals surface area contributed by atoms with Gasteiger partial charge in [-0.15, -0.1) is 0 Å². The van der Waals surface area contributed by atoms with E-state index in [-0.39, 0.29) is 11.5 Å². The molecule has 0 bridgehead atoms. The molecule has 2 N–H and O–H groups in total. The normalized spacial score (nSPS) is 10.4. The fourth-order valence-corrected chi connectivity index (χ4v) is 2.06. The minimum Gasteiger partial charge on any atom is -0.504 e. The van der Waals surface area contributed by atoms with Gasteiger partial charge in [0.25, 0.3) is 0 Å². The molecule has 0 spiro atoms. The van der Waals surface area contributed by atoms with Crippen LogP contribution in [0.2, 0.25) is 0 Å². The van der Waals surface area contributed by atoms with E-state index < -0.39 is 0 Å². The summed E-state index contributed by atoms with van der Waals surface area (Å²) in [7, 11) is 0. The first-order valence-electron chi connectivity index (χ1n) is 4.87. The zero-order valence-electron chi connectivity index (χ0n) is 8.74. The predicted molar refractivity (Wildman–Crippen MR) is 67.6 cm³/mol. The third-order valence-electron chi connectivity index (χ3n) is 2.55. The van der Waals surface area contributed by atoms with Gasteiger partial charge < -0.3 is 10.2 Å². The third-order valence-corrected chi connectivity index (χ3v) is 3.52. The van der Waals surface area contributed by atoms with Gasteiger partial charge in [0.1, 0.15) is 0 Å². The minimum absolute atomic E-state index is 0.114. The fourth-order valence-electron chi connectivity index (χ4n) is 1.64. The van der Waals surface area contributed by atoms with E-state index in [1.54, 1.807) is 6.07 Å². The van der Waals surface area contributed by atoms with Gasteiger partial charge in [0.05, 0.1) is 4.47 Å². The van der Waals surface area contributed by atoms with E-state index in [0.717, 1.165) is 16.7 Å². The van der Waals surface area contributed by atoms with Gasteiger partial charge in [-0.2, -0.15) is 0 Å². The Balaban J connectivity index is 2.68. The first-order valence-corrected chi connectivity index (χ1v) is 5.67. The van der Waals surface area contributed by atoms with Crippen LogP contribution in [0.1, 0.15) is 5.56 Å². The molecule has 0 aliphatic rings. The monoisotopic (exact) mass is 278 g/mol. The zero-order valence-corrected chi connectivity index (χ0v) is 10.3. The molecule has 0 radical (unpaired) electrons. The second kappa shape index (κ2) is 4.18. The Morgan fingerprint density at radius 3 is 2.31 bits per heavy atom. The van der Waals surface area contributed by atoms with Gasteiger partial charge >= 0.3 is 0 Å². The lowest BCUT2D eigenvalue weighted by Gasteiger charge is -2.11. The van der Waals surface area contributed by atoms with Crippen molar-refractivity contribution in [1.82, 2.24) is 0 Å². The van der Waals surface area contributed by atoms with E-state index in [1.165, 1.54) is 0 Å². The molecule has 2 nitrogen and oxygen atoms in total. The molecule has 0 unspecified atom stereocenters. The van der Waals surface area contributed by atoms with Crippen LogP contribution in [0, 0.1) is 6.92 Å². The SMILES string of the molecule is Cc1c(-c2ccccc2)cc(O)c(O)c1Br. The molecule has 3 heteroatoms. The highest BCUT2D eigenvalue weighted by Crippen LogP contribution is 2.41. The second-order valence-electron chi connectivity index (χ2n) is 3.60. The van der Waals surface area contributed by atoms with Crippen molar-refractivity contribution in [3.05, 3.63) is 46.4 Å². The quantitative estimate of drug-likeness (QED) is 0.779. The van der Waals surface area contributed by atoms with Gasteiger partial charge in [-0.05, 0) is 45.6 Å². The third kappa shape index (κ3) is 1.78. The molecular weight excluding hydrogens is 268 g/mol. The smallest absolute Gasteiger partial charge is 0.172 e. The Hall–Kier alpha value is -1.48. The van der Waals surface area contributed by atoms with Gasteiger partial charge in [-0.25, -0.2) is 0 Å². The summed E-state index contributed by atoms with van der Waals surface area (Å²) < 4.78 is 0.534. The van der Waals surface area contributed by atoms with Gasteiger partial charge in [0.15, 0.2) is 11.5 Å². The average molecular weight is 279 g/mol. The van der Waals surface area contributed by atoms with Gasteiger partial charge in [-0.3, -0.25) is 0 Å². The second-order valence-corrected chi connectivity index (χ2v) is 4.39. The van der Waals surface area contributed by atoms with Crippen LogP contribution in [0.5, 0.6) is 11.5 Å². The van der Waals surface area contributed by atoms with E-state index in [1.807, 2.05) is 37.3 Å². The van der Waals surface area contributed by atoms with Crippen molar-refractivity contribution in [2.75, 3.05) is 0 Å². The van der Waals surface area contributed by atoms with Crippen molar-refractivity contribution in [2.24, 2.45) is 0 Å². The van der Waals surface area contributed by atoms with E-state index in [9.17, 15) is 10.2 Å². The molecular formula is C13H11BrO2. The average Bonchev–Trinajstić information content (AvgIpc) is 2.32. The Kier molecular flexibility index (Phi) is 2.88. The summed E-state index contributed by atoms with van der Waals surface area (Å²) in [4.78, 5) is 0. The number of phenols is 2. The van der Waals surface area contributed by atoms with E-state index in [4.69, 9.17) is 0 Å². The maximum Gasteiger partial charge on any atom is 0.172 e. The Morgan fingerprint density at radius 2 is 1.69 bits per heavy atom. The predicted octanol–water partition coefficient (Wildman–Crippen LogP) is 3.84. The molecule has 0 atom stereocenters. The fraction of sp³-hybridized carbons (Fsp3) is 0.0769. The Bertz CT molecular complexity index is 521. The lowest BCUT2D eigenvalue weighted by Crippen LogP contribution is -1.86. The largest absolute Gasteiger partial charge is 0.504 e. The van der Waals surface area contributed by atoms with Gasteiger partial charge in [-0.1, -0.05) is 30.3 Å². The summed E-state index contributed by atoms with van der Waals surface area (Å²) >= 11 is 3.27. The highest BCUT2D eigenvalue weighted by atomic mass is 79.9. The summed E-state index contributed by atoms with van der Waals surface area (Å²) in [5.74, 6) is -0.228. The molecule has 2 aromatic carbocycles. The van der Waals surface area contributed by atoms with Crippen molar-refractivity contribution in [2.45, 2.75) is 6.92 Å². The van der Waals surface area contributed by atoms with E-state index in [2.05, 4.69) is 15.9 Å². The molecule has 0 saturated carbocycles. The van der Waals surface area contributed by atoms with Crippen LogP contribution in [0.15, 0.2) is 40.9 Å². The molecule has 0 fully saturated rings. The zero-order chi connectivity index (χ0) is 11.7. The van der Waals surface area contributed by atoms with Crippen LogP contribution >= 0.6 is 15.9 Å². The maximum absolute atomic E-state index is 9.59. The van der Waals surface area contributed by atoms with Crippen molar-refractivity contribution < 1.29 is 10.2 Å². The number of hydrogen-bond acceptors (Lipinski definition) is 2. The molecule has 2 rings (SSSR count). The topological polar surface area (TPSA) is 40.5 Å². The minimum atomic E-state index is -0.115. The number of rotatable bonds is 1. The van der Waals surface area contributed by atoms with Crippen molar-refractivity contribution in [1.29, 1.82) is 0 Å². The summed E-state index contributed by atoms with van der Waals surface area (Å²) in [6.07, 6.45) is 0. The molecule has 0 aromatic heterocycles. The number of aromatic hydroxyl groups is 2. The molecule has 0 heterocycles. The van der Waals surface area contributed by atoms with Crippen LogP contribution < -0.4 is 0 Å². The highest BCUT2D eigenvalue weighted by molar-refractivity contribution is 9.10. The van der Waals surface area contributed by atoms with Crippen molar-refractivity contribution in [3.8, 4) is 22.6 Å². The first-order chi connectivity index (χ1) is 7.61. The van der Waals surface area contributed by atoms with Crippen molar-refractivity contribution >= 4 is 15.9 Å². The van der Waals surface area contributed by atoms with Crippen LogP contribution in [0.25, 0.3) is 11.1 Å². The van der Waals surface area contributed by atoms with Crippen LogP contribution in [0.4, 0.5) is 0 Å². The van der Waals surface area contributed by atoms with Crippen molar-refractivity contribution in [3.63, 3.8) is 0 Å². The Labute approximate surface area is 102 Å². The molecule has 0 saturated heterocycles. The highest BCUT2D eigenvalue weighted by Gasteiger charge is 2.13. The van der Waals surface area contributed by atoms with Crippen LogP contribution in [-0.4, -0.2) is 10.2 Å². The summed E-state index contributed by atoms with van der Waals surface area (Å²) in [5.41, 5.74) is 2.82. The summed E-state index contributed by atoms with van der Waals surface area (Å²) in [6.45, 7) is 1.89. The number of benzene rings is 2. The van der Waals surface area contributed by atoms with E-state index in [0.29, 0.717) is 4.47 Å². The summed E-state index contributed by atoms with van der Waals surface area (Å²) in [6, 6.07) is 11.3. The lowest BCUT2D eigenvalue weighted by molar-refractivity contribution is 0.401. The molecule has 0 amide bonds. The molecule has 2 aromatic rings. The van der Waals surface area contributed by atoms with Crippen LogP contribution in [-0.2, 0) is 0 Å². The summed E-state index contributed by atoms with van der Waals surface area (Å²) in [5, 5.41) is 19.1.